The number of aliphatic hydroxyl groups is 1. The molecule has 2 rings (SSSR count). The zero-order valence-electron chi connectivity index (χ0n) is 11.3. The molecule has 3 nitrogen and oxygen atoms in total. The highest BCUT2D eigenvalue weighted by molar-refractivity contribution is 9.10. The maximum Gasteiger partial charge on any atom is 0.124 e. The zero-order chi connectivity index (χ0) is 14.0. The molecule has 1 aliphatic heterocycles. The van der Waals surface area contributed by atoms with Crippen molar-refractivity contribution in [2.24, 2.45) is 0 Å². The third-order valence-electron chi connectivity index (χ3n) is 3.71. The molecular weight excluding hydrogens is 311 g/mol. The van der Waals surface area contributed by atoms with Crippen molar-refractivity contribution in [2.45, 2.75) is 18.6 Å². The van der Waals surface area contributed by atoms with Gasteiger partial charge in [-0.2, -0.15) is 0 Å². The second-order valence-electron chi connectivity index (χ2n) is 5.36. The molecular formula is C14H20BrFN2O. The predicted molar refractivity (Wildman–Crippen MR) is 77.7 cm³/mol. The van der Waals surface area contributed by atoms with Crippen LogP contribution in [0.3, 0.4) is 0 Å². The van der Waals surface area contributed by atoms with Gasteiger partial charge in [-0.15, -0.1) is 0 Å². The minimum atomic E-state index is -0.485. The van der Waals surface area contributed by atoms with Crippen molar-refractivity contribution < 1.29 is 9.50 Å². The molecule has 0 bridgehead atoms. The van der Waals surface area contributed by atoms with E-state index in [4.69, 9.17) is 0 Å². The first-order valence-electron chi connectivity index (χ1n) is 6.47. The van der Waals surface area contributed by atoms with Gasteiger partial charge in [0.1, 0.15) is 5.82 Å². The zero-order valence-corrected chi connectivity index (χ0v) is 12.9. The number of benzene rings is 1. The standard InChI is InChI=1S/C14H20BrFN2O/c1-17-3-4-18(2)13(9-17)14(19)7-10-5-11(15)8-12(16)6-10/h5-6,8,13-14,19H,3-4,7,9H2,1-2H3. The minimum Gasteiger partial charge on any atom is -0.391 e. The molecule has 0 aliphatic carbocycles. The van der Waals surface area contributed by atoms with Crippen LogP contribution in [-0.4, -0.2) is 60.8 Å². The van der Waals surface area contributed by atoms with E-state index in [0.29, 0.717) is 10.9 Å². The number of rotatable bonds is 3. The first-order valence-corrected chi connectivity index (χ1v) is 7.27. The van der Waals surface area contributed by atoms with Gasteiger partial charge in [-0.3, -0.25) is 4.90 Å². The molecule has 2 atom stereocenters. The Labute approximate surface area is 122 Å². The predicted octanol–water partition coefficient (Wildman–Crippen LogP) is 1.74. The van der Waals surface area contributed by atoms with E-state index < -0.39 is 6.10 Å². The summed E-state index contributed by atoms with van der Waals surface area (Å²) >= 11 is 3.28. The van der Waals surface area contributed by atoms with Gasteiger partial charge in [-0.05, 0) is 37.9 Å². The summed E-state index contributed by atoms with van der Waals surface area (Å²) in [6, 6.07) is 4.87. The van der Waals surface area contributed by atoms with Crippen LogP contribution < -0.4 is 0 Å². The molecule has 0 aromatic heterocycles. The van der Waals surface area contributed by atoms with Gasteiger partial charge in [0, 0.05) is 36.6 Å². The average molecular weight is 331 g/mol. The summed E-state index contributed by atoms with van der Waals surface area (Å²) in [5.41, 5.74) is 0.820. The monoisotopic (exact) mass is 330 g/mol. The summed E-state index contributed by atoms with van der Waals surface area (Å²) in [6.45, 7) is 2.81. The molecule has 0 spiro atoms. The summed E-state index contributed by atoms with van der Waals surface area (Å²) in [5, 5.41) is 10.4. The van der Waals surface area contributed by atoms with Crippen LogP contribution in [0.4, 0.5) is 4.39 Å². The summed E-state index contributed by atoms with van der Waals surface area (Å²) in [6.07, 6.45) is -0.0133. The van der Waals surface area contributed by atoms with Crippen molar-refractivity contribution in [1.29, 1.82) is 0 Å². The fourth-order valence-electron chi connectivity index (χ4n) is 2.57. The second-order valence-corrected chi connectivity index (χ2v) is 6.28. The van der Waals surface area contributed by atoms with Gasteiger partial charge in [-0.1, -0.05) is 15.9 Å². The van der Waals surface area contributed by atoms with Gasteiger partial charge < -0.3 is 10.0 Å². The van der Waals surface area contributed by atoms with Crippen LogP contribution in [0.2, 0.25) is 0 Å². The highest BCUT2D eigenvalue weighted by Gasteiger charge is 2.28. The van der Waals surface area contributed by atoms with Gasteiger partial charge in [0.2, 0.25) is 0 Å². The Kier molecular flexibility index (Phi) is 4.95. The van der Waals surface area contributed by atoms with Gasteiger partial charge in [0.15, 0.2) is 0 Å². The molecule has 5 heteroatoms. The smallest absolute Gasteiger partial charge is 0.124 e. The van der Waals surface area contributed by atoms with Gasteiger partial charge in [0.05, 0.1) is 6.10 Å². The number of likely N-dealkylation sites (N-methyl/N-ethyl adjacent to an activating group) is 2. The maximum atomic E-state index is 13.3. The highest BCUT2D eigenvalue weighted by Crippen LogP contribution is 2.19. The summed E-state index contributed by atoms with van der Waals surface area (Å²) < 4.78 is 14.0. The first-order chi connectivity index (χ1) is 8.95. The third-order valence-corrected chi connectivity index (χ3v) is 4.17. The average Bonchev–Trinajstić information content (AvgIpc) is 2.30. The van der Waals surface area contributed by atoms with Crippen LogP contribution in [0, 0.1) is 5.82 Å². The quantitative estimate of drug-likeness (QED) is 0.914. The fraction of sp³-hybridized carbons (Fsp3) is 0.571. The summed E-state index contributed by atoms with van der Waals surface area (Å²) in [4.78, 5) is 4.40. The van der Waals surface area contributed by atoms with E-state index in [1.54, 1.807) is 0 Å². The Hall–Kier alpha value is -0.490. The van der Waals surface area contributed by atoms with Crippen LogP contribution in [0.1, 0.15) is 5.56 Å². The number of halogens is 2. The molecule has 2 unspecified atom stereocenters. The SMILES string of the molecule is CN1CCN(C)C(C(O)Cc2cc(F)cc(Br)c2)C1. The first kappa shape index (κ1) is 14.9. The lowest BCUT2D eigenvalue weighted by Crippen LogP contribution is -2.55. The lowest BCUT2D eigenvalue weighted by Gasteiger charge is -2.40. The highest BCUT2D eigenvalue weighted by atomic mass is 79.9. The molecule has 1 N–H and O–H groups in total. The topological polar surface area (TPSA) is 26.7 Å². The van der Waals surface area contributed by atoms with E-state index in [2.05, 4.69) is 32.8 Å². The van der Waals surface area contributed by atoms with Crippen LogP contribution in [0.15, 0.2) is 22.7 Å². The Morgan fingerprint density at radius 1 is 1.37 bits per heavy atom. The van der Waals surface area contributed by atoms with Crippen molar-refractivity contribution >= 4 is 15.9 Å². The Balaban J connectivity index is 2.05. The van der Waals surface area contributed by atoms with Crippen LogP contribution in [0.5, 0.6) is 0 Å². The molecule has 1 aromatic rings. The molecule has 1 aliphatic rings. The van der Waals surface area contributed by atoms with E-state index in [0.717, 1.165) is 25.2 Å². The Bertz CT molecular complexity index is 423. The van der Waals surface area contributed by atoms with Crippen molar-refractivity contribution in [3.05, 3.63) is 34.1 Å². The lowest BCUT2D eigenvalue weighted by molar-refractivity contribution is 0.0152. The fourth-order valence-corrected chi connectivity index (χ4v) is 3.08. The molecule has 1 saturated heterocycles. The van der Waals surface area contributed by atoms with Gasteiger partial charge in [-0.25, -0.2) is 4.39 Å². The van der Waals surface area contributed by atoms with Crippen molar-refractivity contribution in [2.75, 3.05) is 33.7 Å². The van der Waals surface area contributed by atoms with Gasteiger partial charge >= 0.3 is 0 Å². The second kappa shape index (κ2) is 6.31. The van der Waals surface area contributed by atoms with E-state index in [1.165, 1.54) is 12.1 Å². The van der Waals surface area contributed by atoms with Crippen LogP contribution in [0.25, 0.3) is 0 Å². The minimum absolute atomic E-state index is 0.0980. The Morgan fingerprint density at radius 2 is 2.11 bits per heavy atom. The van der Waals surface area contributed by atoms with Crippen molar-refractivity contribution in [1.82, 2.24) is 9.80 Å². The number of nitrogens with zero attached hydrogens (tertiary/aromatic N) is 2. The van der Waals surface area contributed by atoms with Crippen molar-refractivity contribution in [3.8, 4) is 0 Å². The van der Waals surface area contributed by atoms with Crippen LogP contribution in [-0.2, 0) is 6.42 Å². The summed E-state index contributed by atoms with van der Waals surface area (Å²) in [7, 11) is 4.09. The normalized spacial score (nSPS) is 23.5. The van der Waals surface area contributed by atoms with E-state index in [9.17, 15) is 9.50 Å². The van der Waals surface area contributed by atoms with E-state index in [1.807, 2.05) is 13.1 Å². The summed E-state index contributed by atoms with van der Waals surface area (Å²) in [5.74, 6) is -0.273. The molecule has 0 saturated carbocycles. The van der Waals surface area contributed by atoms with Crippen molar-refractivity contribution in [3.63, 3.8) is 0 Å². The largest absolute Gasteiger partial charge is 0.391 e. The molecule has 0 amide bonds. The van der Waals surface area contributed by atoms with E-state index in [-0.39, 0.29) is 11.9 Å². The maximum absolute atomic E-state index is 13.3. The molecule has 1 heterocycles. The van der Waals surface area contributed by atoms with E-state index >= 15 is 0 Å². The number of aliphatic hydroxyl groups excluding tert-OH is 1. The number of hydrogen-bond donors (Lipinski definition) is 1. The molecule has 0 radical (unpaired) electrons. The molecule has 106 valence electrons. The number of piperazine rings is 1. The Morgan fingerprint density at radius 3 is 2.79 bits per heavy atom. The lowest BCUT2D eigenvalue weighted by atomic mass is 9.99. The number of hydrogen-bond acceptors (Lipinski definition) is 3. The third kappa shape index (κ3) is 3.99. The van der Waals surface area contributed by atoms with Crippen LogP contribution >= 0.6 is 15.9 Å². The molecule has 19 heavy (non-hydrogen) atoms. The van der Waals surface area contributed by atoms with Gasteiger partial charge in [0.25, 0.3) is 0 Å². The molecule has 1 fully saturated rings. The molecule has 1 aromatic carbocycles.